The number of anilines is 1. The number of aryl methyl sites for hydroxylation is 1. The molecule has 1 rings (SSSR count). The molecule has 7 heteroatoms. The van der Waals surface area contributed by atoms with Crippen LogP contribution in [-0.4, -0.2) is 35.6 Å². The Bertz CT molecular complexity index is 508. The maximum Gasteiger partial charge on any atom is 0.321 e. The third kappa shape index (κ3) is 4.40. The first-order valence-corrected chi connectivity index (χ1v) is 5.88. The van der Waals surface area contributed by atoms with Gasteiger partial charge in [0, 0.05) is 13.6 Å². The van der Waals surface area contributed by atoms with Crippen LogP contribution >= 0.6 is 11.6 Å². The van der Waals surface area contributed by atoms with Crippen LogP contribution < -0.4 is 5.32 Å². The van der Waals surface area contributed by atoms with Crippen molar-refractivity contribution in [1.82, 2.24) is 4.90 Å². The molecule has 104 valence electrons. The largest absolute Gasteiger partial charge is 0.481 e. The highest BCUT2D eigenvalue weighted by Crippen LogP contribution is 2.25. The molecule has 2 amide bonds. The van der Waals surface area contributed by atoms with Crippen molar-refractivity contribution in [3.05, 3.63) is 28.5 Å². The monoisotopic (exact) mass is 288 g/mol. The van der Waals surface area contributed by atoms with Crippen molar-refractivity contribution < 1.29 is 19.1 Å². The lowest BCUT2D eigenvalue weighted by Gasteiger charge is -2.17. The molecule has 5 nitrogen and oxygen atoms in total. The van der Waals surface area contributed by atoms with Gasteiger partial charge in [0.15, 0.2) is 0 Å². The van der Waals surface area contributed by atoms with Crippen LogP contribution in [-0.2, 0) is 4.79 Å². The second kappa shape index (κ2) is 6.38. The maximum absolute atomic E-state index is 13.2. The Kier molecular flexibility index (Phi) is 5.11. The first-order valence-electron chi connectivity index (χ1n) is 5.51. The van der Waals surface area contributed by atoms with Crippen molar-refractivity contribution in [3.63, 3.8) is 0 Å². The Labute approximate surface area is 115 Å². The number of carboxylic acid groups (broad SMARTS) is 1. The molecule has 0 bridgehead atoms. The van der Waals surface area contributed by atoms with E-state index in [9.17, 15) is 14.0 Å². The minimum atomic E-state index is -0.990. The molecule has 0 fully saturated rings. The van der Waals surface area contributed by atoms with Crippen LogP contribution in [0.25, 0.3) is 0 Å². The highest BCUT2D eigenvalue weighted by Gasteiger charge is 2.13. The normalized spacial score (nSPS) is 10.1. The minimum absolute atomic E-state index is 0.0684. The first kappa shape index (κ1) is 15.2. The van der Waals surface area contributed by atoms with Crippen molar-refractivity contribution in [2.75, 3.05) is 18.9 Å². The molecule has 0 radical (unpaired) electrons. The van der Waals surface area contributed by atoms with Gasteiger partial charge in [-0.2, -0.15) is 0 Å². The minimum Gasteiger partial charge on any atom is -0.481 e. The van der Waals surface area contributed by atoms with E-state index in [0.717, 1.165) is 6.07 Å². The number of halogens is 2. The van der Waals surface area contributed by atoms with Crippen LogP contribution in [0.4, 0.5) is 14.9 Å². The number of carbonyl (C=O) groups excluding carboxylic acids is 1. The summed E-state index contributed by atoms with van der Waals surface area (Å²) in [5.41, 5.74) is 0.639. The zero-order valence-electron chi connectivity index (χ0n) is 10.5. The quantitative estimate of drug-likeness (QED) is 0.895. The fourth-order valence-corrected chi connectivity index (χ4v) is 1.53. The van der Waals surface area contributed by atoms with E-state index < -0.39 is 17.8 Å². The maximum atomic E-state index is 13.2. The van der Waals surface area contributed by atoms with Crippen LogP contribution in [0.2, 0.25) is 5.02 Å². The van der Waals surface area contributed by atoms with E-state index in [1.807, 2.05) is 0 Å². The Morgan fingerprint density at radius 1 is 1.47 bits per heavy atom. The standard InChI is InChI=1S/C12H14ClFN2O3/c1-7-5-10(8(13)6-9(7)14)15-12(19)16(2)4-3-11(17)18/h5-6H,3-4H2,1-2H3,(H,15,19)(H,17,18). The molecule has 0 aliphatic rings. The van der Waals surface area contributed by atoms with E-state index in [4.69, 9.17) is 16.7 Å². The summed E-state index contributed by atoms with van der Waals surface area (Å²) in [4.78, 5) is 23.4. The summed E-state index contributed by atoms with van der Waals surface area (Å²) in [6.45, 7) is 1.62. The van der Waals surface area contributed by atoms with Crippen molar-refractivity contribution in [3.8, 4) is 0 Å². The summed E-state index contributed by atoms with van der Waals surface area (Å²) in [6.07, 6.45) is -0.153. The third-order valence-electron chi connectivity index (χ3n) is 2.50. The lowest BCUT2D eigenvalue weighted by Crippen LogP contribution is -2.33. The van der Waals surface area contributed by atoms with Gasteiger partial charge in [0.25, 0.3) is 0 Å². The molecule has 1 aromatic rings. The van der Waals surface area contributed by atoms with E-state index in [2.05, 4.69) is 5.32 Å². The summed E-state index contributed by atoms with van der Waals surface area (Å²) in [7, 11) is 1.46. The Balaban J connectivity index is 2.71. The average Bonchev–Trinajstić information content (AvgIpc) is 2.32. The highest BCUT2D eigenvalue weighted by atomic mass is 35.5. The number of nitrogens with zero attached hydrogens (tertiary/aromatic N) is 1. The highest BCUT2D eigenvalue weighted by molar-refractivity contribution is 6.33. The molecule has 0 saturated carbocycles. The molecule has 0 saturated heterocycles. The van der Waals surface area contributed by atoms with E-state index >= 15 is 0 Å². The molecule has 2 N–H and O–H groups in total. The number of amides is 2. The van der Waals surface area contributed by atoms with Gasteiger partial charge in [0.05, 0.1) is 17.1 Å². The van der Waals surface area contributed by atoms with Gasteiger partial charge in [-0.1, -0.05) is 11.6 Å². The number of hydrogen-bond acceptors (Lipinski definition) is 2. The van der Waals surface area contributed by atoms with E-state index in [-0.39, 0.29) is 23.7 Å². The number of hydrogen-bond donors (Lipinski definition) is 2. The first-order chi connectivity index (χ1) is 8.81. The van der Waals surface area contributed by atoms with Crippen LogP contribution in [0.5, 0.6) is 0 Å². The van der Waals surface area contributed by atoms with Gasteiger partial charge < -0.3 is 15.3 Å². The molecule has 0 aromatic heterocycles. The molecule has 1 aromatic carbocycles. The average molecular weight is 289 g/mol. The Morgan fingerprint density at radius 3 is 2.68 bits per heavy atom. The number of nitrogens with one attached hydrogen (secondary N) is 1. The van der Waals surface area contributed by atoms with Gasteiger partial charge in [-0.15, -0.1) is 0 Å². The number of carboxylic acids is 1. The molecule has 0 heterocycles. The van der Waals surface area contributed by atoms with Gasteiger partial charge in [-0.05, 0) is 24.6 Å². The molecule has 0 spiro atoms. The predicted octanol–water partition coefficient (Wildman–Crippen LogP) is 2.73. The van der Waals surface area contributed by atoms with Gasteiger partial charge >= 0.3 is 12.0 Å². The van der Waals surface area contributed by atoms with Gasteiger partial charge in [-0.3, -0.25) is 4.79 Å². The summed E-state index contributed by atoms with van der Waals surface area (Å²) in [6, 6.07) is 2.03. The van der Waals surface area contributed by atoms with Crippen LogP contribution in [0, 0.1) is 12.7 Å². The number of urea groups is 1. The zero-order chi connectivity index (χ0) is 14.6. The van der Waals surface area contributed by atoms with Crippen molar-refractivity contribution in [2.24, 2.45) is 0 Å². The van der Waals surface area contributed by atoms with Gasteiger partial charge in [-0.25, -0.2) is 9.18 Å². The third-order valence-corrected chi connectivity index (χ3v) is 2.81. The summed E-state index contributed by atoms with van der Waals surface area (Å²) in [5, 5.41) is 11.1. The SMILES string of the molecule is Cc1cc(NC(=O)N(C)CCC(=O)O)c(Cl)cc1F. The van der Waals surface area contributed by atoms with E-state index in [1.165, 1.54) is 18.0 Å². The van der Waals surface area contributed by atoms with Crippen LogP contribution in [0.15, 0.2) is 12.1 Å². The van der Waals surface area contributed by atoms with Crippen LogP contribution in [0.1, 0.15) is 12.0 Å². The van der Waals surface area contributed by atoms with Crippen molar-refractivity contribution >= 4 is 29.3 Å². The summed E-state index contributed by atoms with van der Waals surface area (Å²) in [5.74, 6) is -1.45. The zero-order valence-corrected chi connectivity index (χ0v) is 11.3. The Hall–Kier alpha value is -1.82. The van der Waals surface area contributed by atoms with E-state index in [1.54, 1.807) is 6.92 Å². The number of aliphatic carboxylic acids is 1. The fourth-order valence-electron chi connectivity index (χ4n) is 1.33. The second-order valence-corrected chi connectivity index (χ2v) is 4.48. The number of rotatable bonds is 4. The second-order valence-electron chi connectivity index (χ2n) is 4.08. The lowest BCUT2D eigenvalue weighted by molar-refractivity contribution is -0.137. The molecule has 0 aliphatic heterocycles. The molecule has 0 aliphatic carbocycles. The molecule has 0 atom stereocenters. The smallest absolute Gasteiger partial charge is 0.321 e. The lowest BCUT2D eigenvalue weighted by atomic mass is 10.2. The fraction of sp³-hybridized carbons (Fsp3) is 0.333. The van der Waals surface area contributed by atoms with Crippen molar-refractivity contribution in [2.45, 2.75) is 13.3 Å². The topological polar surface area (TPSA) is 69.6 Å². The van der Waals surface area contributed by atoms with Crippen LogP contribution in [0.3, 0.4) is 0 Å². The molecule has 0 unspecified atom stereocenters. The molecule has 19 heavy (non-hydrogen) atoms. The number of carbonyl (C=O) groups is 2. The van der Waals surface area contributed by atoms with E-state index in [0.29, 0.717) is 5.56 Å². The number of benzene rings is 1. The Morgan fingerprint density at radius 2 is 2.11 bits per heavy atom. The van der Waals surface area contributed by atoms with Gasteiger partial charge in [0.1, 0.15) is 5.82 Å². The summed E-state index contributed by atoms with van der Waals surface area (Å²) >= 11 is 5.81. The summed E-state index contributed by atoms with van der Waals surface area (Å²) < 4.78 is 13.2. The molecular formula is C12H14ClFN2O3. The van der Waals surface area contributed by atoms with Gasteiger partial charge in [0.2, 0.25) is 0 Å². The molecular weight excluding hydrogens is 275 g/mol. The predicted molar refractivity (Wildman–Crippen MR) is 70.0 cm³/mol. The van der Waals surface area contributed by atoms with Crippen molar-refractivity contribution in [1.29, 1.82) is 0 Å².